The lowest BCUT2D eigenvalue weighted by atomic mass is 10.1. The van der Waals surface area contributed by atoms with Gasteiger partial charge in [-0.3, -0.25) is 9.69 Å². The predicted molar refractivity (Wildman–Crippen MR) is 137 cm³/mol. The van der Waals surface area contributed by atoms with Gasteiger partial charge in [0.2, 0.25) is 5.91 Å². The summed E-state index contributed by atoms with van der Waals surface area (Å²) in [5.74, 6) is 1.77. The van der Waals surface area contributed by atoms with E-state index in [4.69, 9.17) is 4.74 Å². The Balaban J connectivity index is 1.30. The molecule has 8 heteroatoms. The van der Waals surface area contributed by atoms with Crippen LogP contribution in [0.2, 0.25) is 0 Å². The summed E-state index contributed by atoms with van der Waals surface area (Å²) in [7, 11) is 1.60. The Labute approximate surface area is 205 Å². The van der Waals surface area contributed by atoms with Gasteiger partial charge in [-0.2, -0.15) is 0 Å². The Bertz CT molecular complexity index is 1340. The van der Waals surface area contributed by atoms with Crippen LogP contribution in [0, 0.1) is 0 Å². The van der Waals surface area contributed by atoms with Gasteiger partial charge in [0.05, 0.1) is 12.6 Å². The van der Waals surface area contributed by atoms with Crippen LogP contribution in [0.3, 0.4) is 0 Å². The maximum atomic E-state index is 12.1. The second-order valence-electron chi connectivity index (χ2n) is 9.30. The molecule has 1 amide bonds. The molecular weight excluding hydrogens is 440 g/mol. The molecule has 0 fully saturated rings. The molecule has 1 aliphatic rings. The van der Waals surface area contributed by atoms with Crippen molar-refractivity contribution in [3.05, 3.63) is 59.7 Å². The van der Waals surface area contributed by atoms with Crippen LogP contribution in [-0.2, 0) is 35.6 Å². The molecule has 1 N–H and O–H groups in total. The minimum absolute atomic E-state index is 0.0354. The number of ether oxygens (including phenoxy) is 1. The van der Waals surface area contributed by atoms with Crippen LogP contribution >= 0.6 is 0 Å². The Morgan fingerprint density at radius 3 is 2.74 bits per heavy atom. The summed E-state index contributed by atoms with van der Waals surface area (Å²) in [6, 6.07) is 15.4. The Hall–Kier alpha value is -3.23. The molecule has 8 nitrogen and oxygen atoms in total. The lowest BCUT2D eigenvalue weighted by molar-refractivity contribution is -0.122. The van der Waals surface area contributed by atoms with Gasteiger partial charge in [-0.05, 0) is 37.6 Å². The summed E-state index contributed by atoms with van der Waals surface area (Å²) in [5, 5.41) is 14.5. The first-order valence-corrected chi connectivity index (χ1v) is 12.5. The average Bonchev–Trinajstić information content (AvgIpc) is 3.36. The van der Waals surface area contributed by atoms with E-state index >= 15 is 0 Å². The minimum atomic E-state index is -0.189. The molecule has 0 radical (unpaired) electrons. The molecule has 184 valence electrons. The second-order valence-corrected chi connectivity index (χ2v) is 9.30. The molecule has 5 rings (SSSR count). The van der Waals surface area contributed by atoms with Gasteiger partial charge in [-0.1, -0.05) is 24.3 Å². The van der Waals surface area contributed by atoms with Gasteiger partial charge in [-0.25, -0.2) is 0 Å². The van der Waals surface area contributed by atoms with Crippen molar-refractivity contribution in [3.8, 4) is 0 Å². The van der Waals surface area contributed by atoms with Crippen molar-refractivity contribution in [2.24, 2.45) is 0 Å². The largest absolute Gasteiger partial charge is 0.384 e. The molecule has 0 unspecified atom stereocenters. The molecule has 1 atom stereocenters. The van der Waals surface area contributed by atoms with E-state index in [2.05, 4.69) is 78.9 Å². The Morgan fingerprint density at radius 1 is 1.09 bits per heavy atom. The van der Waals surface area contributed by atoms with E-state index < -0.39 is 0 Å². The summed E-state index contributed by atoms with van der Waals surface area (Å²) in [6.07, 6.45) is 1.19. The fraction of sp³-hybridized carbons (Fsp3) is 0.444. The van der Waals surface area contributed by atoms with E-state index in [1.165, 1.54) is 27.4 Å². The molecule has 35 heavy (non-hydrogen) atoms. The van der Waals surface area contributed by atoms with Gasteiger partial charge in [0.15, 0.2) is 5.82 Å². The van der Waals surface area contributed by atoms with Crippen molar-refractivity contribution in [2.45, 2.75) is 52.4 Å². The van der Waals surface area contributed by atoms with Crippen LogP contribution in [-0.4, -0.2) is 56.9 Å². The minimum Gasteiger partial charge on any atom is -0.384 e. The van der Waals surface area contributed by atoms with E-state index in [0.717, 1.165) is 50.8 Å². The smallest absolute Gasteiger partial charge is 0.222 e. The normalized spacial score (nSPS) is 15.3. The summed E-state index contributed by atoms with van der Waals surface area (Å²) in [6.45, 7) is 9.10. The lowest BCUT2D eigenvalue weighted by Crippen LogP contribution is -2.30. The zero-order valence-corrected chi connectivity index (χ0v) is 20.8. The standard InChI is InChI=1S/C27H34N6O2/c1-4-32-23-8-6-5-7-21(23)22-17-20(9-10-24(22)32)18-31-13-11-25-29-30-27(33(25)15-14-31)19(2)28-26(34)12-16-35-3/h5-10,17,19H,4,11-16,18H2,1-3H3,(H,28,34)/t19-/m1/s1. The van der Waals surface area contributed by atoms with Gasteiger partial charge in [0.1, 0.15) is 5.82 Å². The number of nitrogens with one attached hydrogen (secondary N) is 1. The third-order valence-corrected chi connectivity index (χ3v) is 7.00. The fourth-order valence-electron chi connectivity index (χ4n) is 5.24. The lowest BCUT2D eigenvalue weighted by Gasteiger charge is -2.20. The fourth-order valence-corrected chi connectivity index (χ4v) is 5.24. The number of aromatic nitrogens is 4. The number of benzene rings is 2. The average molecular weight is 475 g/mol. The zero-order chi connectivity index (χ0) is 24.4. The first-order valence-electron chi connectivity index (χ1n) is 12.5. The Morgan fingerprint density at radius 2 is 1.91 bits per heavy atom. The number of hydrogen-bond donors (Lipinski definition) is 1. The quantitative estimate of drug-likeness (QED) is 0.422. The molecule has 0 saturated carbocycles. The molecule has 3 heterocycles. The summed E-state index contributed by atoms with van der Waals surface area (Å²) in [4.78, 5) is 14.6. The number of fused-ring (bicyclic) bond motifs is 4. The summed E-state index contributed by atoms with van der Waals surface area (Å²) >= 11 is 0. The number of amides is 1. The number of rotatable bonds is 8. The molecule has 4 aromatic rings. The number of nitrogens with zero attached hydrogens (tertiary/aromatic N) is 5. The first kappa shape index (κ1) is 23.5. The highest BCUT2D eigenvalue weighted by atomic mass is 16.5. The highest BCUT2D eigenvalue weighted by Gasteiger charge is 2.23. The number of aryl methyl sites for hydroxylation is 1. The Kier molecular flexibility index (Phi) is 6.83. The molecule has 0 bridgehead atoms. The maximum Gasteiger partial charge on any atom is 0.222 e. The van der Waals surface area contributed by atoms with Gasteiger partial charge in [-0.15, -0.1) is 10.2 Å². The highest BCUT2D eigenvalue weighted by Crippen LogP contribution is 2.30. The molecule has 0 aliphatic carbocycles. The van der Waals surface area contributed by atoms with Crippen molar-refractivity contribution in [2.75, 3.05) is 26.8 Å². The topological polar surface area (TPSA) is 77.2 Å². The van der Waals surface area contributed by atoms with Crippen molar-refractivity contribution in [1.82, 2.24) is 29.5 Å². The summed E-state index contributed by atoms with van der Waals surface area (Å²) in [5.41, 5.74) is 3.92. The molecule has 1 aliphatic heterocycles. The van der Waals surface area contributed by atoms with Crippen molar-refractivity contribution in [1.29, 1.82) is 0 Å². The molecule has 0 spiro atoms. The highest BCUT2D eigenvalue weighted by molar-refractivity contribution is 6.08. The molecule has 0 saturated heterocycles. The summed E-state index contributed by atoms with van der Waals surface area (Å²) < 4.78 is 9.58. The van der Waals surface area contributed by atoms with Crippen LogP contribution in [0.1, 0.15) is 43.5 Å². The SMILES string of the molecule is CCn1c2ccccc2c2cc(CN3CCc4nnc([C@@H](C)NC(=O)CCOC)n4CC3)ccc21. The van der Waals surface area contributed by atoms with Crippen LogP contribution in [0.15, 0.2) is 42.5 Å². The number of hydrogen-bond acceptors (Lipinski definition) is 5. The number of methoxy groups -OCH3 is 1. The van der Waals surface area contributed by atoms with E-state index in [0.29, 0.717) is 13.0 Å². The van der Waals surface area contributed by atoms with E-state index in [1.54, 1.807) is 7.11 Å². The maximum absolute atomic E-state index is 12.1. The van der Waals surface area contributed by atoms with Crippen LogP contribution in [0.4, 0.5) is 0 Å². The van der Waals surface area contributed by atoms with Crippen molar-refractivity contribution < 1.29 is 9.53 Å². The zero-order valence-electron chi connectivity index (χ0n) is 20.8. The van der Waals surface area contributed by atoms with E-state index in [1.807, 2.05) is 6.92 Å². The van der Waals surface area contributed by atoms with Crippen molar-refractivity contribution in [3.63, 3.8) is 0 Å². The third kappa shape index (κ3) is 4.68. The van der Waals surface area contributed by atoms with Crippen LogP contribution in [0.5, 0.6) is 0 Å². The third-order valence-electron chi connectivity index (χ3n) is 7.00. The number of para-hydroxylation sites is 1. The van der Waals surface area contributed by atoms with E-state index in [9.17, 15) is 4.79 Å². The van der Waals surface area contributed by atoms with Gasteiger partial charge >= 0.3 is 0 Å². The molecule has 2 aromatic heterocycles. The second kappa shape index (κ2) is 10.2. The van der Waals surface area contributed by atoms with Gasteiger partial charge in [0.25, 0.3) is 0 Å². The first-order chi connectivity index (χ1) is 17.1. The predicted octanol–water partition coefficient (Wildman–Crippen LogP) is 3.68. The van der Waals surface area contributed by atoms with Crippen molar-refractivity contribution >= 4 is 27.7 Å². The monoisotopic (exact) mass is 474 g/mol. The van der Waals surface area contributed by atoms with Crippen LogP contribution < -0.4 is 5.32 Å². The number of carbonyl (C=O) groups is 1. The van der Waals surface area contributed by atoms with Gasteiger partial charge < -0.3 is 19.2 Å². The number of carbonyl (C=O) groups excluding carboxylic acids is 1. The molecule has 2 aromatic carbocycles. The van der Waals surface area contributed by atoms with E-state index in [-0.39, 0.29) is 11.9 Å². The van der Waals surface area contributed by atoms with Crippen LogP contribution in [0.25, 0.3) is 21.8 Å². The van der Waals surface area contributed by atoms with Gasteiger partial charge in [0, 0.05) is 74.5 Å². The molecular formula is C27H34N6O2.